The van der Waals surface area contributed by atoms with Crippen molar-refractivity contribution in [2.24, 2.45) is 9.98 Å². The summed E-state index contributed by atoms with van der Waals surface area (Å²) in [5.74, 6) is 1.93. The molecule has 7 nitrogen and oxygen atoms in total. The molecule has 0 spiro atoms. The fraction of sp³-hybridized carbons (Fsp3) is 0.450. The number of aliphatic imine (C=N–C) groups is 2. The molecule has 1 aromatic rings. The topological polar surface area (TPSA) is 63.5 Å². The van der Waals surface area contributed by atoms with E-state index in [1.165, 1.54) is 5.56 Å². The predicted octanol–water partition coefficient (Wildman–Crippen LogP) is 1.81. The highest BCUT2D eigenvalue weighted by atomic mass is 16.2. The van der Waals surface area contributed by atoms with Gasteiger partial charge in [-0.1, -0.05) is 29.8 Å². The minimum Gasteiger partial charge on any atom is -0.353 e. The van der Waals surface area contributed by atoms with E-state index >= 15 is 0 Å². The number of nitrogens with one attached hydrogen (secondary N) is 1. The number of rotatable bonds is 3. The van der Waals surface area contributed by atoms with Gasteiger partial charge in [0, 0.05) is 45.3 Å². The molecule has 1 N–H and O–H groups in total. The van der Waals surface area contributed by atoms with Gasteiger partial charge in [-0.3, -0.25) is 4.99 Å². The summed E-state index contributed by atoms with van der Waals surface area (Å²) in [7, 11) is 0. The lowest BCUT2D eigenvalue weighted by Gasteiger charge is -2.36. The Morgan fingerprint density at radius 3 is 2.67 bits per heavy atom. The third kappa shape index (κ3) is 3.97. The Morgan fingerprint density at radius 1 is 1.19 bits per heavy atom. The van der Waals surface area contributed by atoms with Crippen LogP contribution in [0.4, 0.5) is 4.79 Å². The van der Waals surface area contributed by atoms with Crippen LogP contribution in [0.1, 0.15) is 18.1 Å². The lowest BCUT2D eigenvalue weighted by Crippen LogP contribution is -2.51. The number of hydrogen-bond donors (Lipinski definition) is 1. The van der Waals surface area contributed by atoms with Crippen molar-refractivity contribution in [3.05, 3.63) is 47.3 Å². The first-order valence-corrected chi connectivity index (χ1v) is 9.52. The number of urea groups is 1. The summed E-state index contributed by atoms with van der Waals surface area (Å²) < 4.78 is 0. The fourth-order valence-corrected chi connectivity index (χ4v) is 3.53. The van der Waals surface area contributed by atoms with Crippen molar-refractivity contribution in [1.29, 1.82) is 0 Å². The summed E-state index contributed by atoms with van der Waals surface area (Å²) in [5, 5.41) is 3.02. The van der Waals surface area contributed by atoms with Crippen LogP contribution in [0.15, 0.2) is 46.1 Å². The van der Waals surface area contributed by atoms with Gasteiger partial charge in [0.25, 0.3) is 0 Å². The van der Waals surface area contributed by atoms with Crippen molar-refractivity contribution in [1.82, 2.24) is 20.0 Å². The van der Waals surface area contributed by atoms with Crippen LogP contribution in [0, 0.1) is 6.92 Å². The molecule has 3 heterocycles. The molecule has 3 aliphatic heterocycles. The molecule has 1 fully saturated rings. The number of nitrogens with zero attached hydrogens (tertiary/aromatic N) is 5. The summed E-state index contributed by atoms with van der Waals surface area (Å²) in [6.45, 7) is 8.58. The Hall–Kier alpha value is -2.83. The summed E-state index contributed by atoms with van der Waals surface area (Å²) in [6, 6.07) is 8.55. The van der Waals surface area contributed by atoms with Gasteiger partial charge in [-0.25, -0.2) is 9.79 Å². The van der Waals surface area contributed by atoms with Crippen molar-refractivity contribution in [3.8, 4) is 0 Å². The van der Waals surface area contributed by atoms with Crippen LogP contribution in [-0.2, 0) is 6.54 Å². The van der Waals surface area contributed by atoms with Crippen LogP contribution in [0.3, 0.4) is 0 Å². The van der Waals surface area contributed by atoms with Crippen LogP contribution < -0.4 is 5.32 Å². The normalized spacial score (nSPS) is 21.7. The van der Waals surface area contributed by atoms with E-state index in [2.05, 4.69) is 69.3 Å². The quantitative estimate of drug-likeness (QED) is 0.887. The number of benzene rings is 1. The second-order valence-electron chi connectivity index (χ2n) is 7.35. The molecule has 0 radical (unpaired) electrons. The molecular weight excluding hydrogens is 340 g/mol. The first-order chi connectivity index (χ1) is 13.1. The number of carbonyl (C=O) groups is 1. The highest BCUT2D eigenvalue weighted by Crippen LogP contribution is 2.18. The minimum absolute atomic E-state index is 0.00322. The Bertz CT molecular complexity index is 789. The van der Waals surface area contributed by atoms with Gasteiger partial charge in [0.05, 0.1) is 12.4 Å². The standard InChI is InChI=1S/C20H26N6O/c1-15-3-5-17(6-4-15)12-21-20(27)25-9-7-24(8-10-25)18-11-19-23-16(2)13-26(19)14-22-18/h3-6,11,14,16H,7-10,12-13H2,1-2H3,(H,21,27). The van der Waals surface area contributed by atoms with Crippen LogP contribution in [-0.4, -0.2) is 71.7 Å². The van der Waals surface area contributed by atoms with Crippen LogP contribution >= 0.6 is 0 Å². The van der Waals surface area contributed by atoms with E-state index in [-0.39, 0.29) is 6.03 Å². The van der Waals surface area contributed by atoms with Gasteiger partial charge in [-0.15, -0.1) is 0 Å². The molecule has 0 aromatic heterocycles. The molecule has 3 aliphatic rings. The van der Waals surface area contributed by atoms with Gasteiger partial charge >= 0.3 is 6.03 Å². The third-order valence-electron chi connectivity index (χ3n) is 5.15. The lowest BCUT2D eigenvalue weighted by atomic mass is 10.1. The van der Waals surface area contributed by atoms with Gasteiger partial charge in [0.1, 0.15) is 11.7 Å². The molecule has 1 unspecified atom stereocenters. The van der Waals surface area contributed by atoms with Crippen LogP contribution in [0.25, 0.3) is 0 Å². The molecule has 1 aromatic carbocycles. The van der Waals surface area contributed by atoms with E-state index in [1.807, 2.05) is 11.2 Å². The highest BCUT2D eigenvalue weighted by molar-refractivity contribution is 6.03. The highest BCUT2D eigenvalue weighted by Gasteiger charge is 2.26. The number of piperazine rings is 1. The first-order valence-electron chi connectivity index (χ1n) is 9.52. The average molecular weight is 366 g/mol. The van der Waals surface area contributed by atoms with Gasteiger partial charge in [-0.2, -0.15) is 0 Å². The average Bonchev–Trinajstić information content (AvgIpc) is 3.06. The van der Waals surface area contributed by atoms with Gasteiger partial charge in [0.15, 0.2) is 0 Å². The summed E-state index contributed by atoms with van der Waals surface area (Å²) in [4.78, 5) is 27.8. The maximum Gasteiger partial charge on any atom is 0.317 e. The molecule has 0 aliphatic carbocycles. The van der Waals surface area contributed by atoms with Crippen molar-refractivity contribution in [2.75, 3.05) is 32.7 Å². The summed E-state index contributed by atoms with van der Waals surface area (Å²) >= 11 is 0. The molecule has 0 bridgehead atoms. The van der Waals surface area contributed by atoms with E-state index in [9.17, 15) is 4.79 Å². The van der Waals surface area contributed by atoms with Gasteiger partial charge in [0.2, 0.25) is 0 Å². The van der Waals surface area contributed by atoms with Crippen molar-refractivity contribution >= 4 is 18.2 Å². The number of amides is 2. The number of aryl methyl sites for hydroxylation is 1. The van der Waals surface area contributed by atoms with E-state index in [0.29, 0.717) is 25.7 Å². The van der Waals surface area contributed by atoms with Crippen LogP contribution in [0.5, 0.6) is 0 Å². The predicted molar refractivity (Wildman–Crippen MR) is 107 cm³/mol. The molecule has 7 heteroatoms. The van der Waals surface area contributed by atoms with Gasteiger partial charge < -0.3 is 20.0 Å². The molecule has 27 heavy (non-hydrogen) atoms. The van der Waals surface area contributed by atoms with Crippen molar-refractivity contribution in [2.45, 2.75) is 26.4 Å². The number of amidine groups is 1. The summed E-state index contributed by atoms with van der Waals surface area (Å²) in [5.41, 5.74) is 2.34. The Kier molecular flexibility index (Phi) is 4.83. The van der Waals surface area contributed by atoms with E-state index in [0.717, 1.165) is 36.9 Å². The largest absolute Gasteiger partial charge is 0.353 e. The van der Waals surface area contributed by atoms with E-state index in [1.54, 1.807) is 0 Å². The fourth-order valence-electron chi connectivity index (χ4n) is 3.53. The van der Waals surface area contributed by atoms with Crippen molar-refractivity contribution in [3.63, 3.8) is 0 Å². The zero-order valence-electron chi connectivity index (χ0n) is 15.9. The Balaban J connectivity index is 1.28. The molecule has 4 rings (SSSR count). The number of carbonyl (C=O) groups excluding carboxylic acids is 1. The zero-order chi connectivity index (χ0) is 18.8. The van der Waals surface area contributed by atoms with E-state index in [4.69, 9.17) is 0 Å². The molecule has 142 valence electrons. The molecule has 1 saturated heterocycles. The van der Waals surface area contributed by atoms with Crippen LogP contribution in [0.2, 0.25) is 0 Å². The monoisotopic (exact) mass is 366 g/mol. The number of fused-ring (bicyclic) bond motifs is 1. The Morgan fingerprint density at radius 2 is 1.93 bits per heavy atom. The first kappa shape index (κ1) is 17.6. The molecule has 2 amide bonds. The van der Waals surface area contributed by atoms with Crippen molar-refractivity contribution < 1.29 is 4.79 Å². The lowest BCUT2D eigenvalue weighted by molar-refractivity contribution is 0.156. The minimum atomic E-state index is -0.00322. The Labute approximate surface area is 160 Å². The maximum atomic E-state index is 12.4. The molecule has 1 atom stereocenters. The zero-order valence-corrected chi connectivity index (χ0v) is 15.9. The maximum absolute atomic E-state index is 12.4. The third-order valence-corrected chi connectivity index (χ3v) is 5.15. The molecular formula is C20H26N6O. The molecule has 0 saturated carbocycles. The SMILES string of the molecule is Cc1ccc(CNC(=O)N2CCN(C3=CC4=NC(C)CN4C=N3)CC2)cc1. The smallest absolute Gasteiger partial charge is 0.317 e. The van der Waals surface area contributed by atoms with E-state index < -0.39 is 0 Å². The second-order valence-corrected chi connectivity index (χ2v) is 7.35. The second kappa shape index (κ2) is 7.42. The van der Waals surface area contributed by atoms with Gasteiger partial charge in [-0.05, 0) is 19.4 Å². The number of hydrogen-bond acceptors (Lipinski definition) is 5. The summed E-state index contributed by atoms with van der Waals surface area (Å²) in [6.07, 6.45) is 3.93.